The number of carbonyl (C=O) groups is 3. The maximum atomic E-state index is 14.3. The van der Waals surface area contributed by atoms with E-state index in [1.54, 1.807) is 51.1 Å². The second-order valence-corrected chi connectivity index (χ2v) is 8.04. The number of hydrogen-bond acceptors (Lipinski definition) is 4. The van der Waals surface area contributed by atoms with Crippen molar-refractivity contribution in [1.82, 2.24) is 4.90 Å². The highest BCUT2D eigenvalue weighted by atomic mass is 19.1. The fourth-order valence-corrected chi connectivity index (χ4v) is 3.63. The van der Waals surface area contributed by atoms with Gasteiger partial charge in [-0.15, -0.1) is 0 Å². The van der Waals surface area contributed by atoms with E-state index < -0.39 is 35.1 Å². The van der Waals surface area contributed by atoms with Gasteiger partial charge < -0.3 is 9.64 Å². The van der Waals surface area contributed by atoms with Crippen LogP contribution in [0.15, 0.2) is 48.5 Å². The Morgan fingerprint density at radius 2 is 1.77 bits per heavy atom. The van der Waals surface area contributed by atoms with E-state index in [-0.39, 0.29) is 12.0 Å². The van der Waals surface area contributed by atoms with Crippen molar-refractivity contribution >= 4 is 23.4 Å². The zero-order chi connectivity index (χ0) is 22.1. The number of amides is 3. The molecular weight excluding hydrogens is 387 g/mol. The van der Waals surface area contributed by atoms with Crippen LogP contribution in [0.2, 0.25) is 0 Å². The van der Waals surface area contributed by atoms with Gasteiger partial charge in [-0.05, 0) is 64.1 Å². The van der Waals surface area contributed by atoms with E-state index in [9.17, 15) is 18.8 Å². The van der Waals surface area contributed by atoms with Crippen LogP contribution in [0.25, 0.3) is 0 Å². The molecule has 0 spiro atoms. The first kappa shape index (κ1) is 21.5. The van der Waals surface area contributed by atoms with Crippen molar-refractivity contribution in [2.24, 2.45) is 0 Å². The monoisotopic (exact) mass is 412 g/mol. The van der Waals surface area contributed by atoms with Crippen molar-refractivity contribution in [2.45, 2.75) is 45.7 Å². The van der Waals surface area contributed by atoms with Crippen molar-refractivity contribution in [3.8, 4) is 5.75 Å². The van der Waals surface area contributed by atoms with Crippen LogP contribution in [-0.4, -0.2) is 40.8 Å². The zero-order valence-electron chi connectivity index (χ0n) is 17.5. The quantitative estimate of drug-likeness (QED) is 0.701. The molecule has 158 valence electrons. The number of carbonyl (C=O) groups excluding carboxylic acids is 3. The lowest BCUT2D eigenvalue weighted by Gasteiger charge is -2.39. The van der Waals surface area contributed by atoms with Crippen LogP contribution in [-0.2, 0) is 9.59 Å². The molecule has 1 aliphatic heterocycles. The number of benzene rings is 2. The topological polar surface area (TPSA) is 66.9 Å². The predicted octanol–water partition coefficient (Wildman–Crippen LogP) is 3.80. The molecule has 6 nitrogen and oxygen atoms in total. The molecule has 1 saturated heterocycles. The smallest absolute Gasteiger partial charge is 0.257 e. The van der Waals surface area contributed by atoms with E-state index in [4.69, 9.17) is 4.74 Å². The average molecular weight is 412 g/mol. The maximum absolute atomic E-state index is 14.3. The normalized spacial score (nSPS) is 16.7. The molecule has 0 saturated carbocycles. The Hall–Kier alpha value is -3.22. The molecule has 0 N–H and O–H groups in total. The Morgan fingerprint density at radius 1 is 1.13 bits per heavy atom. The molecule has 30 heavy (non-hydrogen) atoms. The highest BCUT2D eigenvalue weighted by Crippen LogP contribution is 2.32. The number of ether oxygens (including phenoxy) is 1. The van der Waals surface area contributed by atoms with Gasteiger partial charge in [0, 0.05) is 5.54 Å². The molecule has 1 atom stereocenters. The molecular formula is C23H25FN2O4. The Labute approximate surface area is 175 Å². The summed E-state index contributed by atoms with van der Waals surface area (Å²) in [5, 5.41) is 0. The summed E-state index contributed by atoms with van der Waals surface area (Å²) in [4.78, 5) is 41.5. The maximum Gasteiger partial charge on any atom is 0.257 e. The molecule has 0 bridgehead atoms. The van der Waals surface area contributed by atoms with Crippen molar-refractivity contribution in [3.05, 3.63) is 59.9 Å². The van der Waals surface area contributed by atoms with E-state index in [1.165, 1.54) is 23.1 Å². The summed E-state index contributed by atoms with van der Waals surface area (Å²) in [6.45, 7) is 7.62. The summed E-state index contributed by atoms with van der Waals surface area (Å²) in [6.07, 6.45) is -0.163. The molecule has 3 amide bonds. The van der Waals surface area contributed by atoms with Crippen LogP contribution >= 0.6 is 0 Å². The van der Waals surface area contributed by atoms with Gasteiger partial charge >= 0.3 is 0 Å². The molecule has 2 aromatic rings. The van der Waals surface area contributed by atoms with Gasteiger partial charge in [0.15, 0.2) is 0 Å². The fourth-order valence-electron chi connectivity index (χ4n) is 3.63. The van der Waals surface area contributed by atoms with E-state index in [0.29, 0.717) is 18.0 Å². The van der Waals surface area contributed by atoms with Crippen molar-refractivity contribution < 1.29 is 23.5 Å². The Kier molecular flexibility index (Phi) is 5.92. The molecule has 1 aliphatic rings. The highest BCUT2D eigenvalue weighted by molar-refractivity contribution is 6.23. The number of halogens is 1. The summed E-state index contributed by atoms with van der Waals surface area (Å²) in [5.41, 5.74) is -0.537. The van der Waals surface area contributed by atoms with Crippen LogP contribution in [0, 0.1) is 5.82 Å². The number of rotatable bonds is 5. The molecule has 2 aromatic carbocycles. The molecule has 0 radical (unpaired) electrons. The van der Waals surface area contributed by atoms with Crippen LogP contribution in [0.1, 0.15) is 44.5 Å². The fraction of sp³-hybridized carbons (Fsp3) is 0.348. The van der Waals surface area contributed by atoms with Gasteiger partial charge in [0.05, 0.1) is 24.3 Å². The second kappa shape index (κ2) is 8.26. The molecule has 1 fully saturated rings. The minimum Gasteiger partial charge on any atom is -0.494 e. The standard InChI is InChI=1S/C23H25FN2O4/c1-5-30-16-12-10-15(11-13-16)25-20(27)14-19(22(25)29)26(23(2,3)4)21(28)17-8-6-7-9-18(17)24/h6-13,19H,5,14H2,1-4H3. The first-order valence-corrected chi connectivity index (χ1v) is 9.83. The van der Waals surface area contributed by atoms with Crippen LogP contribution in [0.5, 0.6) is 5.75 Å². The van der Waals surface area contributed by atoms with Crippen molar-refractivity contribution in [2.75, 3.05) is 11.5 Å². The number of imide groups is 1. The van der Waals surface area contributed by atoms with Gasteiger partial charge in [-0.1, -0.05) is 12.1 Å². The average Bonchev–Trinajstić information content (AvgIpc) is 2.96. The number of anilines is 1. The molecule has 7 heteroatoms. The second-order valence-electron chi connectivity index (χ2n) is 8.04. The lowest BCUT2D eigenvalue weighted by Crippen LogP contribution is -2.54. The largest absolute Gasteiger partial charge is 0.494 e. The van der Waals surface area contributed by atoms with Crippen LogP contribution in [0.4, 0.5) is 10.1 Å². The van der Waals surface area contributed by atoms with Gasteiger partial charge in [0.25, 0.3) is 11.8 Å². The SMILES string of the molecule is CCOc1ccc(N2C(=O)CC(N(C(=O)c3ccccc3F)C(C)(C)C)C2=O)cc1. The number of hydrogen-bond donors (Lipinski definition) is 0. The first-order chi connectivity index (χ1) is 14.1. The minimum absolute atomic E-state index is 0.132. The third-order valence-corrected chi connectivity index (χ3v) is 4.89. The van der Waals surface area contributed by atoms with E-state index in [2.05, 4.69) is 0 Å². The van der Waals surface area contributed by atoms with Gasteiger partial charge in [-0.3, -0.25) is 14.4 Å². The van der Waals surface area contributed by atoms with Crippen molar-refractivity contribution in [1.29, 1.82) is 0 Å². The molecule has 1 heterocycles. The van der Waals surface area contributed by atoms with E-state index in [1.807, 2.05) is 6.92 Å². The number of nitrogens with zero attached hydrogens (tertiary/aromatic N) is 2. The Balaban J connectivity index is 1.94. The summed E-state index contributed by atoms with van der Waals surface area (Å²) in [7, 11) is 0. The lowest BCUT2D eigenvalue weighted by atomic mass is 9.99. The molecule has 0 aromatic heterocycles. The Morgan fingerprint density at radius 3 is 2.33 bits per heavy atom. The van der Waals surface area contributed by atoms with Gasteiger partial charge in [0.2, 0.25) is 5.91 Å². The highest BCUT2D eigenvalue weighted by Gasteiger charge is 2.48. The lowest BCUT2D eigenvalue weighted by molar-refractivity contribution is -0.123. The summed E-state index contributed by atoms with van der Waals surface area (Å²) in [6, 6.07) is 11.2. The molecule has 1 unspecified atom stereocenters. The summed E-state index contributed by atoms with van der Waals surface area (Å²) < 4.78 is 19.7. The van der Waals surface area contributed by atoms with Gasteiger partial charge in [0.1, 0.15) is 17.6 Å². The summed E-state index contributed by atoms with van der Waals surface area (Å²) in [5.74, 6) is -1.59. The zero-order valence-corrected chi connectivity index (χ0v) is 17.5. The van der Waals surface area contributed by atoms with Crippen LogP contribution in [0.3, 0.4) is 0 Å². The van der Waals surface area contributed by atoms with Gasteiger partial charge in [-0.25, -0.2) is 9.29 Å². The van der Waals surface area contributed by atoms with Gasteiger partial charge in [-0.2, -0.15) is 0 Å². The first-order valence-electron chi connectivity index (χ1n) is 9.83. The van der Waals surface area contributed by atoms with Crippen molar-refractivity contribution in [3.63, 3.8) is 0 Å². The third-order valence-electron chi connectivity index (χ3n) is 4.89. The minimum atomic E-state index is -1.02. The molecule has 0 aliphatic carbocycles. The Bertz CT molecular complexity index is 966. The summed E-state index contributed by atoms with van der Waals surface area (Å²) >= 11 is 0. The van der Waals surface area contributed by atoms with E-state index >= 15 is 0 Å². The third kappa shape index (κ3) is 4.06. The molecule has 3 rings (SSSR count). The predicted molar refractivity (Wildman–Crippen MR) is 111 cm³/mol. The van der Waals surface area contributed by atoms with Crippen LogP contribution < -0.4 is 9.64 Å². The van der Waals surface area contributed by atoms with E-state index in [0.717, 1.165) is 4.90 Å².